The molecule has 0 aliphatic carbocycles. The van der Waals surface area contributed by atoms with E-state index in [1.807, 2.05) is 0 Å². The third kappa shape index (κ3) is 3.19. The minimum atomic E-state index is 0.221. The van der Waals surface area contributed by atoms with Crippen molar-refractivity contribution in [1.82, 2.24) is 4.90 Å². The van der Waals surface area contributed by atoms with Gasteiger partial charge in [-0.2, -0.15) is 0 Å². The predicted molar refractivity (Wildman–Crippen MR) is 78.8 cm³/mol. The van der Waals surface area contributed by atoms with E-state index in [4.69, 9.17) is 9.47 Å². The summed E-state index contributed by atoms with van der Waals surface area (Å²) >= 11 is 3.51. The van der Waals surface area contributed by atoms with Crippen LogP contribution in [0.1, 0.15) is 17.2 Å². The third-order valence-corrected chi connectivity index (χ3v) is 4.63. The van der Waals surface area contributed by atoms with Gasteiger partial charge in [-0.25, -0.2) is 0 Å². The smallest absolute Gasteiger partial charge is 0.0954 e. The first-order valence-corrected chi connectivity index (χ1v) is 8.08. The summed E-state index contributed by atoms with van der Waals surface area (Å²) in [6.07, 6.45) is 1.58. The molecule has 104 valence electrons. The summed E-state index contributed by atoms with van der Waals surface area (Å²) in [4.78, 5) is 2.46. The lowest BCUT2D eigenvalue weighted by Crippen LogP contribution is -2.45. The minimum Gasteiger partial charge on any atom is -0.375 e. The molecule has 1 aromatic carbocycles. The summed E-state index contributed by atoms with van der Waals surface area (Å²) in [5.41, 5.74) is 2.82. The molecule has 19 heavy (non-hydrogen) atoms. The van der Waals surface area contributed by atoms with Crippen molar-refractivity contribution in [2.24, 2.45) is 0 Å². The molecule has 1 aromatic rings. The Labute approximate surface area is 123 Å². The minimum absolute atomic E-state index is 0.221. The van der Waals surface area contributed by atoms with Crippen LogP contribution in [0.3, 0.4) is 0 Å². The van der Waals surface area contributed by atoms with Crippen molar-refractivity contribution in [1.29, 1.82) is 0 Å². The van der Waals surface area contributed by atoms with Gasteiger partial charge in [-0.3, -0.25) is 4.90 Å². The van der Waals surface area contributed by atoms with Crippen LogP contribution >= 0.6 is 15.9 Å². The topological polar surface area (TPSA) is 21.7 Å². The molecule has 2 atom stereocenters. The Kier molecular flexibility index (Phi) is 4.53. The SMILES string of the molecule is BrCC1CN(CC2OCCc3ccccc32)CCO1. The fourth-order valence-corrected chi connectivity index (χ4v) is 3.29. The Hall–Kier alpha value is -0.420. The number of morpholine rings is 1. The molecule has 1 saturated heterocycles. The van der Waals surface area contributed by atoms with E-state index in [0.717, 1.165) is 44.6 Å². The van der Waals surface area contributed by atoms with Crippen molar-refractivity contribution < 1.29 is 9.47 Å². The Morgan fingerprint density at radius 3 is 3.00 bits per heavy atom. The zero-order chi connectivity index (χ0) is 13.1. The third-order valence-electron chi connectivity index (χ3n) is 3.91. The Morgan fingerprint density at radius 2 is 2.11 bits per heavy atom. The first kappa shape index (κ1) is 13.6. The molecule has 0 N–H and O–H groups in total. The maximum Gasteiger partial charge on any atom is 0.0954 e. The Bertz CT molecular complexity index is 426. The van der Waals surface area contributed by atoms with Crippen molar-refractivity contribution >= 4 is 15.9 Å². The first-order valence-electron chi connectivity index (χ1n) is 6.96. The van der Waals surface area contributed by atoms with Crippen LogP contribution in [-0.2, 0) is 15.9 Å². The van der Waals surface area contributed by atoms with Gasteiger partial charge in [0.25, 0.3) is 0 Å². The molecule has 0 bridgehead atoms. The Morgan fingerprint density at radius 1 is 1.21 bits per heavy atom. The summed E-state index contributed by atoms with van der Waals surface area (Å²) < 4.78 is 11.7. The summed E-state index contributed by atoms with van der Waals surface area (Å²) in [7, 11) is 0. The summed E-state index contributed by atoms with van der Waals surface area (Å²) in [5.74, 6) is 0. The van der Waals surface area contributed by atoms with Crippen LogP contribution in [0.15, 0.2) is 24.3 Å². The lowest BCUT2D eigenvalue weighted by atomic mass is 9.97. The van der Waals surface area contributed by atoms with E-state index in [-0.39, 0.29) is 6.10 Å². The van der Waals surface area contributed by atoms with Crippen molar-refractivity contribution in [3.63, 3.8) is 0 Å². The van der Waals surface area contributed by atoms with E-state index in [0.29, 0.717) is 6.10 Å². The highest BCUT2D eigenvalue weighted by molar-refractivity contribution is 9.09. The zero-order valence-electron chi connectivity index (χ0n) is 11.1. The van der Waals surface area contributed by atoms with Gasteiger partial charge in [0, 0.05) is 25.0 Å². The molecule has 3 nitrogen and oxygen atoms in total. The number of alkyl halides is 1. The second kappa shape index (κ2) is 6.35. The quantitative estimate of drug-likeness (QED) is 0.796. The largest absolute Gasteiger partial charge is 0.375 e. The number of ether oxygens (including phenoxy) is 2. The number of halogens is 1. The number of hydrogen-bond donors (Lipinski definition) is 0. The maximum atomic E-state index is 5.98. The van der Waals surface area contributed by atoms with E-state index < -0.39 is 0 Å². The van der Waals surface area contributed by atoms with Crippen LogP contribution in [0.25, 0.3) is 0 Å². The second-order valence-corrected chi connectivity index (χ2v) is 5.86. The first-order chi connectivity index (χ1) is 9.36. The number of benzene rings is 1. The lowest BCUT2D eigenvalue weighted by Gasteiger charge is -2.36. The molecule has 1 fully saturated rings. The highest BCUT2D eigenvalue weighted by Gasteiger charge is 2.26. The normalized spacial score (nSPS) is 28.1. The van der Waals surface area contributed by atoms with Crippen LogP contribution < -0.4 is 0 Å². The average Bonchev–Trinajstić information content (AvgIpc) is 2.48. The summed E-state index contributed by atoms with van der Waals surface area (Å²) in [6, 6.07) is 8.67. The number of nitrogens with zero attached hydrogens (tertiary/aromatic N) is 1. The van der Waals surface area contributed by atoms with Crippen molar-refractivity contribution in [2.45, 2.75) is 18.6 Å². The standard InChI is InChI=1S/C15H20BrNO2/c16-9-13-10-17(6-8-18-13)11-15-14-4-2-1-3-12(14)5-7-19-15/h1-4,13,15H,5-11H2. The van der Waals surface area contributed by atoms with Crippen LogP contribution in [0, 0.1) is 0 Å². The summed E-state index contributed by atoms with van der Waals surface area (Å²) in [5, 5.41) is 0.908. The molecule has 2 aliphatic heterocycles. The van der Waals surface area contributed by atoms with Gasteiger partial charge in [-0.1, -0.05) is 40.2 Å². The molecule has 3 rings (SSSR count). The molecule has 2 aliphatic rings. The summed E-state index contributed by atoms with van der Waals surface area (Å²) in [6.45, 7) is 4.64. The van der Waals surface area contributed by atoms with Gasteiger partial charge in [-0.15, -0.1) is 0 Å². The molecule has 0 saturated carbocycles. The van der Waals surface area contributed by atoms with Crippen molar-refractivity contribution in [3.05, 3.63) is 35.4 Å². The van der Waals surface area contributed by atoms with Gasteiger partial charge in [0.15, 0.2) is 0 Å². The van der Waals surface area contributed by atoms with E-state index in [1.165, 1.54) is 11.1 Å². The van der Waals surface area contributed by atoms with E-state index in [2.05, 4.69) is 45.1 Å². The Balaban J connectivity index is 1.67. The van der Waals surface area contributed by atoms with E-state index in [1.54, 1.807) is 0 Å². The van der Waals surface area contributed by atoms with E-state index >= 15 is 0 Å². The zero-order valence-corrected chi connectivity index (χ0v) is 12.6. The van der Waals surface area contributed by atoms with Crippen molar-refractivity contribution in [2.75, 3.05) is 38.2 Å². The highest BCUT2D eigenvalue weighted by atomic mass is 79.9. The predicted octanol–water partition coefficient (Wildman–Crippen LogP) is 2.40. The molecule has 2 heterocycles. The van der Waals surface area contributed by atoms with Gasteiger partial charge in [0.05, 0.1) is 25.4 Å². The van der Waals surface area contributed by atoms with Gasteiger partial charge < -0.3 is 9.47 Å². The van der Waals surface area contributed by atoms with Gasteiger partial charge in [0.1, 0.15) is 0 Å². The molecular weight excluding hydrogens is 306 g/mol. The fraction of sp³-hybridized carbons (Fsp3) is 0.600. The van der Waals surface area contributed by atoms with Gasteiger partial charge in [0.2, 0.25) is 0 Å². The highest BCUT2D eigenvalue weighted by Crippen LogP contribution is 2.28. The molecule has 0 spiro atoms. The second-order valence-electron chi connectivity index (χ2n) is 5.21. The fourth-order valence-electron chi connectivity index (χ4n) is 2.90. The maximum absolute atomic E-state index is 5.98. The number of rotatable bonds is 3. The molecular formula is C15H20BrNO2. The molecule has 0 amide bonds. The molecule has 0 radical (unpaired) electrons. The average molecular weight is 326 g/mol. The number of hydrogen-bond acceptors (Lipinski definition) is 3. The van der Waals surface area contributed by atoms with Gasteiger partial charge in [-0.05, 0) is 17.5 Å². The van der Waals surface area contributed by atoms with Crippen LogP contribution in [-0.4, -0.2) is 49.2 Å². The lowest BCUT2D eigenvalue weighted by molar-refractivity contribution is -0.0454. The van der Waals surface area contributed by atoms with Crippen LogP contribution in [0.5, 0.6) is 0 Å². The van der Waals surface area contributed by atoms with Crippen LogP contribution in [0.2, 0.25) is 0 Å². The number of fused-ring (bicyclic) bond motifs is 1. The van der Waals surface area contributed by atoms with Crippen LogP contribution in [0.4, 0.5) is 0 Å². The molecule has 4 heteroatoms. The monoisotopic (exact) mass is 325 g/mol. The van der Waals surface area contributed by atoms with E-state index in [9.17, 15) is 0 Å². The van der Waals surface area contributed by atoms with Gasteiger partial charge >= 0.3 is 0 Å². The molecule has 0 aromatic heterocycles. The van der Waals surface area contributed by atoms with Crippen molar-refractivity contribution in [3.8, 4) is 0 Å². The molecule has 2 unspecified atom stereocenters.